The molecule has 1 aromatic carbocycles. The monoisotopic (exact) mass is 273 g/mol. The number of nitrogens with zero attached hydrogens (tertiary/aromatic N) is 1. The van der Waals surface area contributed by atoms with Gasteiger partial charge in [0.05, 0.1) is 6.04 Å². The van der Waals surface area contributed by atoms with Crippen LogP contribution in [0.4, 0.5) is 0 Å². The summed E-state index contributed by atoms with van der Waals surface area (Å²) in [5.74, 6) is 6.03. The molecule has 110 valence electrons. The molecule has 20 heavy (non-hydrogen) atoms. The van der Waals surface area contributed by atoms with E-state index < -0.39 is 0 Å². The van der Waals surface area contributed by atoms with Crippen molar-refractivity contribution in [1.82, 2.24) is 10.3 Å². The molecule has 1 heterocycles. The number of nitrogens with two attached hydrogens (primary N) is 1. The first-order chi connectivity index (χ1) is 9.78. The third kappa shape index (κ3) is 2.28. The van der Waals surface area contributed by atoms with E-state index in [-0.39, 0.29) is 11.6 Å². The lowest BCUT2D eigenvalue weighted by molar-refractivity contribution is 0.0762. The lowest BCUT2D eigenvalue weighted by atomic mass is 9.81. The van der Waals surface area contributed by atoms with Gasteiger partial charge in [-0.3, -0.25) is 16.2 Å². The van der Waals surface area contributed by atoms with E-state index in [0.717, 1.165) is 0 Å². The molecule has 0 aromatic heterocycles. The largest absolute Gasteiger partial charge is 0.296 e. The Bertz CT molecular complexity index is 445. The molecule has 1 unspecified atom stereocenters. The predicted molar refractivity (Wildman–Crippen MR) is 83.2 cm³/mol. The molecule has 0 radical (unpaired) electrons. The van der Waals surface area contributed by atoms with Crippen LogP contribution in [0.2, 0.25) is 0 Å². The summed E-state index contributed by atoms with van der Waals surface area (Å²) < 4.78 is 0. The topological polar surface area (TPSA) is 41.3 Å². The van der Waals surface area contributed by atoms with E-state index in [1.54, 1.807) is 0 Å². The number of rotatable bonds is 4. The molecule has 3 nitrogen and oxygen atoms in total. The van der Waals surface area contributed by atoms with Crippen molar-refractivity contribution in [3.63, 3.8) is 0 Å². The minimum absolute atomic E-state index is 0.233. The van der Waals surface area contributed by atoms with Crippen LogP contribution in [0.5, 0.6) is 0 Å². The summed E-state index contributed by atoms with van der Waals surface area (Å²) in [6.45, 7) is 4.68. The molecule has 1 saturated heterocycles. The van der Waals surface area contributed by atoms with E-state index in [2.05, 4.69) is 41.5 Å². The number of likely N-dealkylation sites (tertiary alicyclic amines) is 1. The molecule has 1 atom stereocenters. The molecule has 2 fully saturated rings. The quantitative estimate of drug-likeness (QED) is 0.654. The predicted octanol–water partition coefficient (Wildman–Crippen LogP) is 2.91. The minimum atomic E-state index is 0.233. The van der Waals surface area contributed by atoms with E-state index in [0.29, 0.717) is 0 Å². The molecule has 0 spiro atoms. The number of nitrogens with one attached hydrogen (secondary N) is 1. The third-order valence-corrected chi connectivity index (χ3v) is 5.41. The molecule has 0 amide bonds. The van der Waals surface area contributed by atoms with Gasteiger partial charge in [-0.1, -0.05) is 37.1 Å². The molecule has 1 aliphatic heterocycles. The number of hydrogen-bond acceptors (Lipinski definition) is 3. The molecule has 3 rings (SSSR count). The lowest BCUT2D eigenvalue weighted by Crippen LogP contribution is -2.55. The molecular formula is C17H27N3. The van der Waals surface area contributed by atoms with Crippen LogP contribution < -0.4 is 11.3 Å². The number of benzene rings is 1. The first kappa shape index (κ1) is 14.1. The number of hydrazine groups is 1. The molecule has 0 bridgehead atoms. The summed E-state index contributed by atoms with van der Waals surface area (Å²) in [5.41, 5.74) is 6.14. The third-order valence-electron chi connectivity index (χ3n) is 5.41. The first-order valence-electron chi connectivity index (χ1n) is 8.05. The van der Waals surface area contributed by atoms with Crippen molar-refractivity contribution in [2.24, 2.45) is 5.84 Å². The summed E-state index contributed by atoms with van der Waals surface area (Å²) in [4.78, 5) is 2.72. The second-order valence-electron chi connectivity index (χ2n) is 6.46. The SMILES string of the molecule is Cc1ccccc1C(NN)C1(N2CCCC2)CCCC1. The van der Waals surface area contributed by atoms with Crippen molar-refractivity contribution in [3.8, 4) is 0 Å². The Kier molecular flexibility index (Phi) is 4.11. The second kappa shape index (κ2) is 5.84. The maximum Gasteiger partial charge on any atom is 0.0646 e. The van der Waals surface area contributed by atoms with E-state index in [1.165, 1.54) is 62.7 Å². The maximum atomic E-state index is 6.03. The van der Waals surface area contributed by atoms with Crippen LogP contribution in [0.15, 0.2) is 24.3 Å². The molecule has 1 aromatic rings. The van der Waals surface area contributed by atoms with Gasteiger partial charge in [-0.2, -0.15) is 0 Å². The van der Waals surface area contributed by atoms with Gasteiger partial charge in [0.15, 0.2) is 0 Å². The summed E-state index contributed by atoms with van der Waals surface area (Å²) in [6.07, 6.45) is 7.90. The molecule has 3 heteroatoms. The average molecular weight is 273 g/mol. The zero-order valence-corrected chi connectivity index (χ0v) is 12.6. The Labute approximate surface area is 122 Å². The van der Waals surface area contributed by atoms with Gasteiger partial charge < -0.3 is 0 Å². The maximum absolute atomic E-state index is 6.03. The van der Waals surface area contributed by atoms with E-state index in [9.17, 15) is 0 Å². The van der Waals surface area contributed by atoms with Crippen LogP contribution >= 0.6 is 0 Å². The minimum Gasteiger partial charge on any atom is -0.296 e. The lowest BCUT2D eigenvalue weighted by Gasteiger charge is -2.45. The summed E-state index contributed by atoms with van der Waals surface area (Å²) in [7, 11) is 0. The van der Waals surface area contributed by atoms with Crippen LogP contribution in [-0.4, -0.2) is 23.5 Å². The van der Waals surface area contributed by atoms with Gasteiger partial charge in [-0.05, 0) is 56.8 Å². The Morgan fingerprint density at radius 3 is 2.35 bits per heavy atom. The van der Waals surface area contributed by atoms with Crippen LogP contribution in [0.3, 0.4) is 0 Å². The van der Waals surface area contributed by atoms with Crippen LogP contribution in [0.1, 0.15) is 55.7 Å². The van der Waals surface area contributed by atoms with Crippen molar-refractivity contribution >= 4 is 0 Å². The molecule has 1 aliphatic carbocycles. The Morgan fingerprint density at radius 1 is 1.10 bits per heavy atom. The zero-order valence-electron chi connectivity index (χ0n) is 12.6. The van der Waals surface area contributed by atoms with Gasteiger partial charge >= 0.3 is 0 Å². The Balaban J connectivity index is 1.98. The van der Waals surface area contributed by atoms with Gasteiger partial charge in [0.25, 0.3) is 0 Å². The van der Waals surface area contributed by atoms with Crippen molar-refractivity contribution < 1.29 is 0 Å². The standard InChI is InChI=1S/C17H27N3/c1-14-8-2-3-9-15(14)16(19-18)17(10-4-5-11-17)20-12-6-7-13-20/h2-3,8-9,16,19H,4-7,10-13,18H2,1H3. The number of aryl methyl sites for hydroxylation is 1. The fraction of sp³-hybridized carbons (Fsp3) is 0.647. The van der Waals surface area contributed by atoms with E-state index in [1.807, 2.05) is 0 Å². The van der Waals surface area contributed by atoms with Crippen LogP contribution in [-0.2, 0) is 0 Å². The van der Waals surface area contributed by atoms with E-state index in [4.69, 9.17) is 5.84 Å². The fourth-order valence-electron chi connectivity index (χ4n) is 4.38. The van der Waals surface area contributed by atoms with Crippen molar-refractivity contribution in [2.45, 2.75) is 57.0 Å². The molecule has 3 N–H and O–H groups in total. The molecule has 1 saturated carbocycles. The van der Waals surface area contributed by atoms with Crippen molar-refractivity contribution in [2.75, 3.05) is 13.1 Å². The smallest absolute Gasteiger partial charge is 0.0646 e. The highest BCUT2D eigenvalue weighted by atomic mass is 15.3. The summed E-state index contributed by atoms with van der Waals surface area (Å²) in [6, 6.07) is 8.95. The first-order valence-corrected chi connectivity index (χ1v) is 8.05. The van der Waals surface area contributed by atoms with Gasteiger partial charge in [0.2, 0.25) is 0 Å². The highest BCUT2D eigenvalue weighted by Gasteiger charge is 2.47. The Hall–Kier alpha value is -0.900. The van der Waals surface area contributed by atoms with Gasteiger partial charge in [0, 0.05) is 5.54 Å². The zero-order chi connectivity index (χ0) is 14.0. The number of hydrogen-bond donors (Lipinski definition) is 2. The fourth-order valence-corrected chi connectivity index (χ4v) is 4.38. The van der Waals surface area contributed by atoms with E-state index >= 15 is 0 Å². The average Bonchev–Trinajstić information content (AvgIpc) is 3.12. The summed E-state index contributed by atoms with van der Waals surface area (Å²) in [5, 5.41) is 0. The van der Waals surface area contributed by atoms with Gasteiger partial charge in [0.1, 0.15) is 0 Å². The van der Waals surface area contributed by atoms with Crippen molar-refractivity contribution in [3.05, 3.63) is 35.4 Å². The highest BCUT2D eigenvalue weighted by molar-refractivity contribution is 5.32. The van der Waals surface area contributed by atoms with Crippen LogP contribution in [0, 0.1) is 6.92 Å². The van der Waals surface area contributed by atoms with Gasteiger partial charge in [-0.25, -0.2) is 0 Å². The summed E-state index contributed by atoms with van der Waals surface area (Å²) >= 11 is 0. The highest BCUT2D eigenvalue weighted by Crippen LogP contribution is 2.46. The Morgan fingerprint density at radius 2 is 1.75 bits per heavy atom. The van der Waals surface area contributed by atoms with Crippen LogP contribution in [0.25, 0.3) is 0 Å². The molecule has 2 aliphatic rings. The van der Waals surface area contributed by atoms with Gasteiger partial charge in [-0.15, -0.1) is 0 Å². The second-order valence-corrected chi connectivity index (χ2v) is 6.46. The van der Waals surface area contributed by atoms with Crippen molar-refractivity contribution in [1.29, 1.82) is 0 Å². The normalized spacial score (nSPS) is 24.1. The molecular weight excluding hydrogens is 246 g/mol.